The zero-order valence-corrected chi connectivity index (χ0v) is 8.47. The zero-order chi connectivity index (χ0) is 9.68. The smallest absolute Gasteiger partial charge is 0.258 e. The van der Waals surface area contributed by atoms with E-state index in [0.717, 1.165) is 17.7 Å². The van der Waals surface area contributed by atoms with Gasteiger partial charge in [0.15, 0.2) is 0 Å². The molecule has 0 saturated heterocycles. The van der Waals surface area contributed by atoms with Crippen LogP contribution in [0.2, 0.25) is 0 Å². The summed E-state index contributed by atoms with van der Waals surface area (Å²) in [5.74, 6) is 0. The second-order valence-corrected chi connectivity index (χ2v) is 4.10. The van der Waals surface area contributed by atoms with E-state index in [9.17, 15) is 10.1 Å². The third-order valence-electron chi connectivity index (χ3n) is 1.85. The molecule has 0 aliphatic heterocycles. The second kappa shape index (κ2) is 4.97. The molecule has 1 heterocycles. The largest absolute Gasteiger partial charge is 0.324 e. The Bertz CT molecular complexity index is 283. The molecule has 0 unspecified atom stereocenters. The molecule has 0 spiro atoms. The predicted molar refractivity (Wildman–Crippen MR) is 54.2 cm³/mol. The lowest BCUT2D eigenvalue weighted by Gasteiger charge is -1.93. The molecular formula is C9H13NO2S. The Morgan fingerprint density at radius 1 is 1.46 bits per heavy atom. The first-order chi connectivity index (χ1) is 6.24. The van der Waals surface area contributed by atoms with Gasteiger partial charge in [0.05, 0.1) is 4.92 Å². The standard InChI is InChI=1S/C9H13NO2S/c1-2-3-4-5-8-6-7-9(13-8)10(11)12/h6-7H,2-5H2,1H3. The van der Waals surface area contributed by atoms with Crippen molar-refractivity contribution in [1.29, 1.82) is 0 Å². The van der Waals surface area contributed by atoms with Gasteiger partial charge < -0.3 is 0 Å². The van der Waals surface area contributed by atoms with E-state index in [1.807, 2.05) is 6.07 Å². The highest BCUT2D eigenvalue weighted by atomic mass is 32.1. The third kappa shape index (κ3) is 3.14. The minimum atomic E-state index is -0.325. The highest BCUT2D eigenvalue weighted by molar-refractivity contribution is 7.15. The molecule has 0 N–H and O–H groups in total. The molecule has 13 heavy (non-hydrogen) atoms. The van der Waals surface area contributed by atoms with Crippen molar-refractivity contribution in [2.45, 2.75) is 32.6 Å². The molecular weight excluding hydrogens is 186 g/mol. The van der Waals surface area contributed by atoms with Crippen LogP contribution in [0.1, 0.15) is 31.1 Å². The molecule has 0 radical (unpaired) electrons. The van der Waals surface area contributed by atoms with Gasteiger partial charge >= 0.3 is 5.00 Å². The van der Waals surface area contributed by atoms with Crippen molar-refractivity contribution in [1.82, 2.24) is 0 Å². The maximum Gasteiger partial charge on any atom is 0.324 e. The predicted octanol–water partition coefficient (Wildman–Crippen LogP) is 3.39. The fourth-order valence-corrected chi connectivity index (χ4v) is 2.01. The Kier molecular flexibility index (Phi) is 3.89. The molecule has 0 fully saturated rings. The van der Waals surface area contributed by atoms with E-state index in [1.165, 1.54) is 24.2 Å². The lowest BCUT2D eigenvalue weighted by atomic mass is 10.2. The number of unbranched alkanes of at least 4 members (excludes halogenated alkanes) is 2. The maximum atomic E-state index is 10.4. The molecule has 0 saturated carbocycles. The molecule has 72 valence electrons. The van der Waals surface area contributed by atoms with Gasteiger partial charge in [0, 0.05) is 10.9 Å². The summed E-state index contributed by atoms with van der Waals surface area (Å²) in [6.07, 6.45) is 4.50. The van der Waals surface area contributed by atoms with Gasteiger partial charge in [-0.1, -0.05) is 31.1 Å². The molecule has 3 nitrogen and oxygen atoms in total. The average Bonchev–Trinajstić information content (AvgIpc) is 2.53. The number of rotatable bonds is 5. The summed E-state index contributed by atoms with van der Waals surface area (Å²) in [7, 11) is 0. The highest BCUT2D eigenvalue weighted by Gasteiger charge is 2.08. The summed E-state index contributed by atoms with van der Waals surface area (Å²) >= 11 is 1.29. The van der Waals surface area contributed by atoms with Gasteiger partial charge in [0.2, 0.25) is 0 Å². The summed E-state index contributed by atoms with van der Waals surface area (Å²) in [6, 6.07) is 3.45. The van der Waals surface area contributed by atoms with E-state index in [1.54, 1.807) is 6.07 Å². The van der Waals surface area contributed by atoms with Crippen molar-refractivity contribution in [3.8, 4) is 0 Å². The lowest BCUT2D eigenvalue weighted by Crippen LogP contribution is -1.81. The molecule has 4 heteroatoms. The van der Waals surface area contributed by atoms with E-state index in [4.69, 9.17) is 0 Å². The van der Waals surface area contributed by atoms with Crippen molar-refractivity contribution in [3.63, 3.8) is 0 Å². The first-order valence-electron chi connectivity index (χ1n) is 4.47. The van der Waals surface area contributed by atoms with Gasteiger partial charge in [-0.2, -0.15) is 0 Å². The first-order valence-corrected chi connectivity index (χ1v) is 5.28. The number of nitro groups is 1. The Morgan fingerprint density at radius 3 is 2.77 bits per heavy atom. The van der Waals surface area contributed by atoms with Crippen LogP contribution in [0.4, 0.5) is 5.00 Å². The Hall–Kier alpha value is -0.900. The molecule has 1 aromatic heterocycles. The summed E-state index contributed by atoms with van der Waals surface area (Å²) < 4.78 is 0. The highest BCUT2D eigenvalue weighted by Crippen LogP contribution is 2.25. The van der Waals surface area contributed by atoms with Gasteiger partial charge in [0.1, 0.15) is 0 Å². The Morgan fingerprint density at radius 2 is 2.23 bits per heavy atom. The quantitative estimate of drug-likeness (QED) is 0.414. The maximum absolute atomic E-state index is 10.4. The minimum absolute atomic E-state index is 0.256. The minimum Gasteiger partial charge on any atom is -0.258 e. The monoisotopic (exact) mass is 199 g/mol. The third-order valence-corrected chi connectivity index (χ3v) is 2.95. The summed E-state index contributed by atoms with van der Waals surface area (Å²) in [5.41, 5.74) is 0. The Balaban J connectivity index is 2.44. The number of hydrogen-bond donors (Lipinski definition) is 0. The fraction of sp³-hybridized carbons (Fsp3) is 0.556. The number of nitrogens with zero attached hydrogens (tertiary/aromatic N) is 1. The molecule has 0 aliphatic rings. The SMILES string of the molecule is CCCCCc1ccc([N+](=O)[O-])s1. The van der Waals surface area contributed by atoms with Gasteiger partial charge in [-0.3, -0.25) is 10.1 Å². The number of thiophene rings is 1. The van der Waals surface area contributed by atoms with Crippen LogP contribution >= 0.6 is 11.3 Å². The van der Waals surface area contributed by atoms with Gasteiger partial charge in [-0.15, -0.1) is 0 Å². The van der Waals surface area contributed by atoms with Crippen LogP contribution in [0.3, 0.4) is 0 Å². The van der Waals surface area contributed by atoms with Crippen LogP contribution in [0.15, 0.2) is 12.1 Å². The van der Waals surface area contributed by atoms with E-state index in [-0.39, 0.29) is 9.92 Å². The van der Waals surface area contributed by atoms with Crippen LogP contribution in [0.5, 0.6) is 0 Å². The molecule has 0 amide bonds. The van der Waals surface area contributed by atoms with Crippen molar-refractivity contribution < 1.29 is 4.92 Å². The zero-order valence-electron chi connectivity index (χ0n) is 7.66. The normalized spacial score (nSPS) is 10.2. The molecule has 0 atom stereocenters. The summed E-state index contributed by atoms with van der Waals surface area (Å²) in [6.45, 7) is 2.15. The van der Waals surface area contributed by atoms with E-state index in [2.05, 4.69) is 6.92 Å². The van der Waals surface area contributed by atoms with Crippen LogP contribution in [0, 0.1) is 10.1 Å². The molecule has 1 rings (SSSR count). The van der Waals surface area contributed by atoms with E-state index < -0.39 is 0 Å². The van der Waals surface area contributed by atoms with Gasteiger partial charge in [-0.05, 0) is 18.9 Å². The van der Waals surface area contributed by atoms with Crippen LogP contribution < -0.4 is 0 Å². The van der Waals surface area contributed by atoms with Crippen LogP contribution in [0.25, 0.3) is 0 Å². The van der Waals surface area contributed by atoms with Crippen LogP contribution in [-0.4, -0.2) is 4.92 Å². The van der Waals surface area contributed by atoms with Crippen LogP contribution in [-0.2, 0) is 6.42 Å². The second-order valence-electron chi connectivity index (χ2n) is 2.95. The lowest BCUT2D eigenvalue weighted by molar-refractivity contribution is -0.380. The molecule has 1 aromatic rings. The number of aryl methyl sites for hydroxylation is 1. The molecule has 0 aliphatic carbocycles. The molecule has 0 aromatic carbocycles. The topological polar surface area (TPSA) is 43.1 Å². The fourth-order valence-electron chi connectivity index (χ4n) is 1.15. The van der Waals surface area contributed by atoms with E-state index >= 15 is 0 Å². The van der Waals surface area contributed by atoms with Crippen molar-refractivity contribution >= 4 is 16.3 Å². The Labute approximate surface area is 81.5 Å². The van der Waals surface area contributed by atoms with Gasteiger partial charge in [0.25, 0.3) is 0 Å². The average molecular weight is 199 g/mol. The van der Waals surface area contributed by atoms with Crippen molar-refractivity contribution in [3.05, 3.63) is 27.1 Å². The first kappa shape index (κ1) is 10.2. The molecule has 0 bridgehead atoms. The van der Waals surface area contributed by atoms with Crippen molar-refractivity contribution in [2.75, 3.05) is 0 Å². The van der Waals surface area contributed by atoms with Gasteiger partial charge in [-0.25, -0.2) is 0 Å². The van der Waals surface area contributed by atoms with Crippen molar-refractivity contribution in [2.24, 2.45) is 0 Å². The van der Waals surface area contributed by atoms with E-state index in [0.29, 0.717) is 0 Å². The number of hydrogen-bond acceptors (Lipinski definition) is 3. The summed E-state index contributed by atoms with van der Waals surface area (Å²) in [4.78, 5) is 11.2. The summed E-state index contributed by atoms with van der Waals surface area (Å²) in [5, 5.41) is 10.6.